The van der Waals surface area contributed by atoms with E-state index in [1.165, 1.54) is 0 Å². The van der Waals surface area contributed by atoms with E-state index in [1.54, 1.807) is 13.8 Å². The molecule has 0 N–H and O–H groups in total. The molecule has 0 radical (unpaired) electrons. The number of hydrogen-bond acceptors (Lipinski definition) is 2. The third kappa shape index (κ3) is 4.26. The Bertz CT molecular complexity index is 955. The van der Waals surface area contributed by atoms with Crippen LogP contribution in [0, 0.1) is 5.41 Å². The van der Waals surface area contributed by atoms with Gasteiger partial charge in [-0.2, -0.15) is 9.49 Å². The predicted octanol–water partition coefficient (Wildman–Crippen LogP) is 6.83. The number of nitrogens with zero attached hydrogens (tertiary/aromatic N) is 2. The first-order valence-electron chi connectivity index (χ1n) is 10.6. The van der Waals surface area contributed by atoms with Crippen molar-refractivity contribution in [2.75, 3.05) is 0 Å². The molecule has 3 nitrogen and oxygen atoms in total. The maximum atomic E-state index is 14.0. The molecule has 0 spiro atoms. The van der Waals surface area contributed by atoms with Crippen molar-refractivity contribution in [3.05, 3.63) is 65.9 Å². The molecule has 0 bridgehead atoms. The molecule has 3 rings (SSSR count). The van der Waals surface area contributed by atoms with Crippen molar-refractivity contribution in [1.29, 1.82) is 0 Å². The zero-order chi connectivity index (χ0) is 21.0. The number of carbonyl (C=O) groups excluding carboxylic acids is 1. The Balaban J connectivity index is 2.09. The van der Waals surface area contributed by atoms with Crippen molar-refractivity contribution in [2.24, 2.45) is 5.41 Å². The number of halogens is 1. The van der Waals surface area contributed by atoms with Crippen molar-refractivity contribution in [1.82, 2.24) is 9.78 Å². The molecule has 154 valence electrons. The lowest BCUT2D eigenvalue weighted by atomic mass is 9.71. The summed E-state index contributed by atoms with van der Waals surface area (Å²) in [5.74, 6) is -0.365. The van der Waals surface area contributed by atoms with E-state index >= 15 is 0 Å². The Labute approximate surface area is 172 Å². The molecule has 0 aliphatic carbocycles. The van der Waals surface area contributed by atoms with Gasteiger partial charge >= 0.3 is 6.04 Å². The maximum absolute atomic E-state index is 14.0. The van der Waals surface area contributed by atoms with Crippen LogP contribution in [0.3, 0.4) is 0 Å². The van der Waals surface area contributed by atoms with Gasteiger partial charge in [0.05, 0.1) is 23.2 Å². The fraction of sp³-hybridized carbons (Fsp3) is 0.440. The quantitative estimate of drug-likeness (QED) is 0.373. The number of hydrogen-bond donors (Lipinski definition) is 0. The molecule has 0 aliphatic heterocycles. The predicted molar refractivity (Wildman–Crippen MR) is 117 cm³/mol. The number of fused-ring (bicyclic) bond motifs is 1. The molecule has 0 fully saturated rings. The summed E-state index contributed by atoms with van der Waals surface area (Å²) in [6, 6.07) is 15.0. The van der Waals surface area contributed by atoms with Gasteiger partial charge in [-0.3, -0.25) is 9.48 Å². The molecule has 29 heavy (non-hydrogen) atoms. The minimum absolute atomic E-state index is 0.365. The molecule has 1 atom stereocenters. The molecule has 4 heteroatoms. The summed E-state index contributed by atoms with van der Waals surface area (Å²) >= 11 is 0. The Morgan fingerprint density at radius 2 is 1.69 bits per heavy atom. The first kappa shape index (κ1) is 21.2. The number of rotatable bonds is 9. The second kappa shape index (κ2) is 8.89. The second-order valence-corrected chi connectivity index (χ2v) is 8.48. The van der Waals surface area contributed by atoms with E-state index in [4.69, 9.17) is 0 Å². The van der Waals surface area contributed by atoms with E-state index < -0.39 is 11.5 Å². The van der Waals surface area contributed by atoms with Crippen molar-refractivity contribution >= 4 is 16.9 Å². The molecular formula is C25H31FN2O. The van der Waals surface area contributed by atoms with Gasteiger partial charge in [-0.1, -0.05) is 63.1 Å². The van der Waals surface area contributed by atoms with Gasteiger partial charge in [0.25, 0.3) is 0 Å². The van der Waals surface area contributed by atoms with Gasteiger partial charge in [0.1, 0.15) is 0 Å². The van der Waals surface area contributed by atoms with Crippen LogP contribution >= 0.6 is 0 Å². The van der Waals surface area contributed by atoms with Crippen LogP contribution in [0.1, 0.15) is 76.5 Å². The molecule has 2 aromatic carbocycles. The molecule has 1 heterocycles. The van der Waals surface area contributed by atoms with Gasteiger partial charge in [-0.05, 0) is 49.9 Å². The van der Waals surface area contributed by atoms with Crippen LogP contribution in [-0.2, 0) is 4.79 Å². The largest absolute Gasteiger partial charge is 0.307 e. The van der Waals surface area contributed by atoms with Crippen molar-refractivity contribution < 1.29 is 9.18 Å². The first-order valence-corrected chi connectivity index (χ1v) is 10.6. The normalized spacial score (nSPS) is 13.2. The fourth-order valence-electron chi connectivity index (χ4n) is 4.38. The third-order valence-corrected chi connectivity index (χ3v) is 5.90. The molecule has 0 saturated heterocycles. The Morgan fingerprint density at radius 1 is 1.03 bits per heavy atom. The fourth-order valence-corrected chi connectivity index (χ4v) is 4.38. The van der Waals surface area contributed by atoms with Crippen LogP contribution in [0.25, 0.3) is 10.9 Å². The van der Waals surface area contributed by atoms with Gasteiger partial charge in [0.2, 0.25) is 0 Å². The summed E-state index contributed by atoms with van der Waals surface area (Å²) in [6.45, 7) is 7.76. The first-order chi connectivity index (χ1) is 13.9. The van der Waals surface area contributed by atoms with Crippen LogP contribution in [0.4, 0.5) is 4.39 Å². The summed E-state index contributed by atoms with van der Waals surface area (Å²) < 4.78 is 16.2. The highest BCUT2D eigenvalue weighted by molar-refractivity contribution is 5.81. The van der Waals surface area contributed by atoms with Crippen molar-refractivity contribution in [3.8, 4) is 0 Å². The SMILES string of the molecule is CCCC(CCC)n1ncc2cc(C(c3ccccc3)C(C)(C)C(=O)F)ccc21. The highest BCUT2D eigenvalue weighted by atomic mass is 19.1. The topological polar surface area (TPSA) is 34.9 Å². The number of carbonyl (C=O) groups is 1. The molecule has 0 saturated carbocycles. The second-order valence-electron chi connectivity index (χ2n) is 8.48. The lowest BCUT2D eigenvalue weighted by Gasteiger charge is -2.31. The maximum Gasteiger partial charge on any atom is 0.307 e. The summed E-state index contributed by atoms with van der Waals surface area (Å²) in [4.78, 5) is 11.9. The lowest BCUT2D eigenvalue weighted by molar-refractivity contribution is -0.139. The van der Waals surface area contributed by atoms with Gasteiger partial charge in [-0.15, -0.1) is 0 Å². The minimum atomic E-state index is -1.30. The Kier molecular flexibility index (Phi) is 6.51. The lowest BCUT2D eigenvalue weighted by Crippen LogP contribution is -2.29. The van der Waals surface area contributed by atoms with Crippen molar-refractivity contribution in [3.63, 3.8) is 0 Å². The highest BCUT2D eigenvalue weighted by Crippen LogP contribution is 2.42. The minimum Gasteiger partial charge on any atom is -0.262 e. The average Bonchev–Trinajstić information content (AvgIpc) is 3.12. The Morgan fingerprint density at radius 3 is 2.28 bits per heavy atom. The van der Waals surface area contributed by atoms with E-state index in [-0.39, 0.29) is 5.92 Å². The smallest absolute Gasteiger partial charge is 0.262 e. The van der Waals surface area contributed by atoms with Gasteiger partial charge in [0.15, 0.2) is 0 Å². The summed E-state index contributed by atoms with van der Waals surface area (Å²) in [5.41, 5.74) is 1.81. The van der Waals surface area contributed by atoms with E-state index in [9.17, 15) is 9.18 Å². The van der Waals surface area contributed by atoms with Gasteiger partial charge in [-0.25, -0.2) is 0 Å². The summed E-state index contributed by atoms with van der Waals surface area (Å²) in [6.07, 6.45) is 6.33. The van der Waals surface area contributed by atoms with Crippen LogP contribution in [0.5, 0.6) is 0 Å². The molecule has 0 amide bonds. The molecular weight excluding hydrogens is 363 g/mol. The standard InChI is InChI=1S/C25H31FN2O/c1-5-10-21(11-6-2)28-22-15-14-19(16-20(22)17-27-28)23(25(3,4)24(26)29)18-12-8-7-9-13-18/h7-9,12-17,21,23H,5-6,10-11H2,1-4H3. The molecule has 1 aromatic heterocycles. The van der Waals surface area contributed by atoms with Gasteiger partial charge in [0, 0.05) is 11.3 Å². The summed E-state index contributed by atoms with van der Waals surface area (Å²) in [5, 5.41) is 5.71. The molecule has 0 aliphatic rings. The van der Waals surface area contributed by atoms with Crippen molar-refractivity contribution in [2.45, 2.75) is 65.3 Å². The van der Waals surface area contributed by atoms with E-state index in [0.29, 0.717) is 6.04 Å². The number of benzene rings is 2. The van der Waals surface area contributed by atoms with E-state index in [0.717, 1.165) is 47.7 Å². The van der Waals surface area contributed by atoms with Crippen LogP contribution < -0.4 is 0 Å². The average molecular weight is 395 g/mol. The highest BCUT2D eigenvalue weighted by Gasteiger charge is 2.39. The Hall–Kier alpha value is -2.49. The van der Waals surface area contributed by atoms with E-state index in [2.05, 4.69) is 35.8 Å². The third-order valence-electron chi connectivity index (χ3n) is 5.90. The van der Waals surface area contributed by atoms with Crippen LogP contribution in [0.2, 0.25) is 0 Å². The summed E-state index contributed by atoms with van der Waals surface area (Å²) in [7, 11) is 0. The van der Waals surface area contributed by atoms with E-state index in [1.807, 2.05) is 42.6 Å². The van der Waals surface area contributed by atoms with Gasteiger partial charge < -0.3 is 0 Å². The van der Waals surface area contributed by atoms with Crippen LogP contribution in [-0.4, -0.2) is 15.8 Å². The zero-order valence-corrected chi connectivity index (χ0v) is 17.9. The number of aromatic nitrogens is 2. The molecule has 3 aromatic rings. The van der Waals surface area contributed by atoms with Crippen LogP contribution in [0.15, 0.2) is 54.7 Å². The molecule has 1 unspecified atom stereocenters. The zero-order valence-electron chi connectivity index (χ0n) is 17.9. The monoisotopic (exact) mass is 394 g/mol.